The van der Waals surface area contributed by atoms with Crippen molar-refractivity contribution >= 4 is 33.0 Å². The summed E-state index contributed by atoms with van der Waals surface area (Å²) in [4.78, 5) is 14.7. The molecule has 2 aromatic heterocycles. The highest BCUT2D eigenvalue weighted by Gasteiger charge is 2.16. The molecule has 4 nitrogen and oxygen atoms in total. The number of furan rings is 1. The maximum atomic E-state index is 12.4. The second kappa shape index (κ2) is 5.02. The molecule has 3 aromatic rings. The average molecular weight is 286 g/mol. The Morgan fingerprint density at radius 3 is 2.95 bits per heavy atom. The molecule has 0 saturated heterocycles. The van der Waals surface area contributed by atoms with E-state index in [0.717, 1.165) is 15.8 Å². The van der Waals surface area contributed by atoms with Crippen molar-refractivity contribution in [3.8, 4) is 0 Å². The number of nitrogens with two attached hydrogens (primary N) is 1. The number of nitrogen functional groups attached to an aromatic ring is 1. The van der Waals surface area contributed by atoms with Gasteiger partial charge in [-0.05, 0) is 41.8 Å². The quantitative estimate of drug-likeness (QED) is 0.751. The van der Waals surface area contributed by atoms with E-state index < -0.39 is 0 Å². The second-order valence-corrected chi connectivity index (χ2v) is 5.73. The van der Waals surface area contributed by atoms with E-state index >= 15 is 0 Å². The van der Waals surface area contributed by atoms with Crippen molar-refractivity contribution in [1.29, 1.82) is 0 Å². The van der Waals surface area contributed by atoms with Crippen LogP contribution in [-0.4, -0.2) is 17.9 Å². The number of anilines is 1. The Labute approximate surface area is 120 Å². The smallest absolute Gasteiger partial charge is 0.264 e. The number of hydrogen-bond acceptors (Lipinski definition) is 4. The number of benzene rings is 1. The third-order valence-corrected chi connectivity index (χ3v) is 4.18. The zero-order valence-corrected chi connectivity index (χ0v) is 11.8. The predicted molar refractivity (Wildman–Crippen MR) is 80.7 cm³/mol. The third-order valence-electron chi connectivity index (χ3n) is 3.07. The molecule has 0 saturated carbocycles. The lowest BCUT2D eigenvalue weighted by molar-refractivity contribution is 0.0780. The molecular formula is C15H14N2O2S. The van der Waals surface area contributed by atoms with Crippen LogP contribution < -0.4 is 5.73 Å². The molecular weight excluding hydrogens is 272 g/mol. The molecule has 1 aromatic carbocycles. The van der Waals surface area contributed by atoms with Crippen molar-refractivity contribution in [1.82, 2.24) is 4.90 Å². The molecule has 0 aliphatic rings. The van der Waals surface area contributed by atoms with Gasteiger partial charge in [0.2, 0.25) is 0 Å². The first kappa shape index (κ1) is 12.7. The number of fused-ring (bicyclic) bond motifs is 1. The van der Waals surface area contributed by atoms with E-state index in [9.17, 15) is 4.79 Å². The summed E-state index contributed by atoms with van der Waals surface area (Å²) in [6.07, 6.45) is 1.61. The number of hydrogen-bond donors (Lipinski definition) is 1. The van der Waals surface area contributed by atoms with Crippen LogP contribution in [0.15, 0.2) is 47.1 Å². The van der Waals surface area contributed by atoms with Crippen LogP contribution in [-0.2, 0) is 6.54 Å². The summed E-state index contributed by atoms with van der Waals surface area (Å²) >= 11 is 1.48. The maximum Gasteiger partial charge on any atom is 0.264 e. The molecule has 0 unspecified atom stereocenters. The average Bonchev–Trinajstić information content (AvgIpc) is 3.06. The number of thiophene rings is 1. The molecule has 0 fully saturated rings. The molecule has 0 spiro atoms. The van der Waals surface area contributed by atoms with Crippen molar-refractivity contribution in [2.24, 2.45) is 0 Å². The van der Waals surface area contributed by atoms with Crippen LogP contribution in [0.2, 0.25) is 0 Å². The Bertz CT molecular complexity index is 746. The predicted octanol–water partition coefficient (Wildman–Crippen LogP) is 3.35. The van der Waals surface area contributed by atoms with Crippen molar-refractivity contribution < 1.29 is 9.21 Å². The normalized spacial score (nSPS) is 10.8. The largest absolute Gasteiger partial charge is 0.467 e. The van der Waals surface area contributed by atoms with Crippen molar-refractivity contribution in [2.45, 2.75) is 6.54 Å². The number of nitrogens with zero attached hydrogens (tertiary/aromatic N) is 1. The molecule has 5 heteroatoms. The Kier molecular flexibility index (Phi) is 3.20. The molecule has 20 heavy (non-hydrogen) atoms. The zero-order valence-electron chi connectivity index (χ0n) is 11.0. The molecule has 0 bridgehead atoms. The van der Waals surface area contributed by atoms with Gasteiger partial charge in [-0.3, -0.25) is 4.79 Å². The van der Waals surface area contributed by atoms with Gasteiger partial charge in [-0.25, -0.2) is 0 Å². The van der Waals surface area contributed by atoms with Gasteiger partial charge in [0.15, 0.2) is 0 Å². The highest BCUT2D eigenvalue weighted by atomic mass is 32.1. The monoisotopic (exact) mass is 286 g/mol. The summed E-state index contributed by atoms with van der Waals surface area (Å²) in [5, 5.41) is 1.00. The molecule has 0 aliphatic heterocycles. The summed E-state index contributed by atoms with van der Waals surface area (Å²) in [6.45, 7) is 0.461. The van der Waals surface area contributed by atoms with E-state index in [2.05, 4.69) is 0 Å². The molecule has 2 heterocycles. The van der Waals surface area contributed by atoms with Crippen molar-refractivity contribution in [3.63, 3.8) is 0 Å². The summed E-state index contributed by atoms with van der Waals surface area (Å²) in [5.41, 5.74) is 6.46. The SMILES string of the molecule is CN(Cc1ccco1)C(=O)c1cc2cc(N)ccc2s1. The fourth-order valence-corrected chi connectivity index (χ4v) is 3.10. The molecule has 3 rings (SSSR count). The minimum Gasteiger partial charge on any atom is -0.467 e. The number of rotatable bonds is 3. The zero-order chi connectivity index (χ0) is 14.1. The summed E-state index contributed by atoms with van der Waals surface area (Å²) in [7, 11) is 1.77. The van der Waals surface area contributed by atoms with Gasteiger partial charge in [-0.1, -0.05) is 0 Å². The number of carbonyl (C=O) groups excluding carboxylic acids is 1. The van der Waals surface area contributed by atoms with Crippen LogP contribution in [0.25, 0.3) is 10.1 Å². The minimum atomic E-state index is -0.0128. The van der Waals surface area contributed by atoms with E-state index in [-0.39, 0.29) is 5.91 Å². The molecule has 0 atom stereocenters. The molecule has 2 N–H and O–H groups in total. The van der Waals surface area contributed by atoms with Gasteiger partial charge in [-0.2, -0.15) is 0 Å². The van der Waals surface area contributed by atoms with Crippen LogP contribution in [0, 0.1) is 0 Å². The van der Waals surface area contributed by atoms with Crippen molar-refractivity contribution in [3.05, 3.63) is 53.3 Å². The molecule has 0 aliphatic carbocycles. The standard InChI is InChI=1S/C15H14N2O2S/c1-17(9-12-3-2-6-19-12)15(18)14-8-10-7-11(16)4-5-13(10)20-14/h2-8H,9,16H2,1H3. The van der Waals surface area contributed by atoms with Crippen LogP contribution in [0.5, 0.6) is 0 Å². The lowest BCUT2D eigenvalue weighted by Crippen LogP contribution is -2.25. The summed E-state index contributed by atoms with van der Waals surface area (Å²) in [5.74, 6) is 0.757. The first-order chi connectivity index (χ1) is 9.63. The van der Waals surface area contributed by atoms with Crippen LogP contribution in [0.4, 0.5) is 5.69 Å². The first-order valence-corrected chi connectivity index (χ1v) is 7.02. The van der Waals surface area contributed by atoms with Gasteiger partial charge in [0, 0.05) is 17.4 Å². The lowest BCUT2D eigenvalue weighted by Gasteiger charge is -2.14. The lowest BCUT2D eigenvalue weighted by atomic mass is 10.2. The van der Waals surface area contributed by atoms with Crippen LogP contribution >= 0.6 is 11.3 Å². The Morgan fingerprint density at radius 2 is 2.20 bits per heavy atom. The van der Waals surface area contributed by atoms with E-state index in [4.69, 9.17) is 10.2 Å². The summed E-state index contributed by atoms with van der Waals surface area (Å²) < 4.78 is 6.32. The number of amides is 1. The Hall–Kier alpha value is -2.27. The van der Waals surface area contributed by atoms with Gasteiger partial charge in [0.25, 0.3) is 5.91 Å². The van der Waals surface area contributed by atoms with Gasteiger partial charge >= 0.3 is 0 Å². The van der Waals surface area contributed by atoms with Gasteiger partial charge < -0.3 is 15.1 Å². The van der Waals surface area contributed by atoms with Crippen molar-refractivity contribution in [2.75, 3.05) is 12.8 Å². The maximum absolute atomic E-state index is 12.4. The fraction of sp³-hybridized carbons (Fsp3) is 0.133. The molecule has 1 amide bonds. The minimum absolute atomic E-state index is 0.0128. The fourth-order valence-electron chi connectivity index (χ4n) is 2.06. The molecule has 102 valence electrons. The van der Waals surface area contributed by atoms with Gasteiger partial charge in [0.1, 0.15) is 5.76 Å². The topological polar surface area (TPSA) is 59.5 Å². The highest BCUT2D eigenvalue weighted by Crippen LogP contribution is 2.28. The second-order valence-electron chi connectivity index (χ2n) is 4.65. The van der Waals surface area contributed by atoms with E-state index in [1.165, 1.54) is 11.3 Å². The molecule has 0 radical (unpaired) electrons. The first-order valence-electron chi connectivity index (χ1n) is 6.20. The Balaban J connectivity index is 1.84. The van der Waals surface area contributed by atoms with E-state index in [1.54, 1.807) is 18.2 Å². The van der Waals surface area contributed by atoms with Crippen LogP contribution in [0.1, 0.15) is 15.4 Å². The highest BCUT2D eigenvalue weighted by molar-refractivity contribution is 7.20. The Morgan fingerprint density at radius 1 is 1.35 bits per heavy atom. The number of carbonyl (C=O) groups is 1. The van der Waals surface area contributed by atoms with E-state index in [0.29, 0.717) is 17.1 Å². The third kappa shape index (κ3) is 2.40. The van der Waals surface area contributed by atoms with Crippen LogP contribution in [0.3, 0.4) is 0 Å². The van der Waals surface area contributed by atoms with Gasteiger partial charge in [0.05, 0.1) is 17.7 Å². The summed E-state index contributed by atoms with van der Waals surface area (Å²) in [6, 6.07) is 11.2. The van der Waals surface area contributed by atoms with Gasteiger partial charge in [-0.15, -0.1) is 11.3 Å². The van der Waals surface area contributed by atoms with E-state index in [1.807, 2.05) is 36.4 Å².